The number of rotatable bonds is 5. The van der Waals surface area contributed by atoms with Crippen molar-refractivity contribution in [3.63, 3.8) is 0 Å². The van der Waals surface area contributed by atoms with Crippen LogP contribution in [0.4, 0.5) is 0 Å². The number of halogens is 1. The highest BCUT2D eigenvalue weighted by Gasteiger charge is 2.07. The first-order valence-electron chi connectivity index (χ1n) is 7.62. The van der Waals surface area contributed by atoms with E-state index < -0.39 is 0 Å². The van der Waals surface area contributed by atoms with Crippen LogP contribution in [0.15, 0.2) is 67.0 Å². The summed E-state index contributed by atoms with van der Waals surface area (Å²) in [7, 11) is 0. The first kappa shape index (κ1) is 16.1. The lowest BCUT2D eigenvalue weighted by molar-refractivity contribution is 0.0953. The minimum Gasteiger partial charge on any atom is -0.352 e. The van der Waals surface area contributed by atoms with Gasteiger partial charge < -0.3 is 5.32 Å². The molecule has 0 aliphatic rings. The molecule has 0 unspecified atom stereocenters. The Bertz CT molecular complexity index is 802. The minimum absolute atomic E-state index is 0.177. The fourth-order valence-electron chi connectivity index (χ4n) is 2.26. The Morgan fingerprint density at radius 1 is 0.958 bits per heavy atom. The normalized spacial score (nSPS) is 10.4. The van der Waals surface area contributed by atoms with Crippen molar-refractivity contribution in [1.82, 2.24) is 15.3 Å². The van der Waals surface area contributed by atoms with Gasteiger partial charge in [0.1, 0.15) is 0 Å². The number of carbonyl (C=O) groups excluding carboxylic acids is 1. The standard InChI is InChI=1S/C19H16ClN3O/c20-17-8-6-14(7-9-17)10-11-21-19(24)16-12-22-18(23-13-16)15-4-2-1-3-5-15/h1-9,12-13H,10-11H2,(H,21,24). The summed E-state index contributed by atoms with van der Waals surface area (Å²) in [6, 6.07) is 17.2. The second-order valence-electron chi connectivity index (χ2n) is 5.29. The predicted octanol–water partition coefficient (Wildman–Crippen LogP) is 3.77. The zero-order valence-corrected chi connectivity index (χ0v) is 13.7. The molecule has 1 heterocycles. The molecule has 4 nitrogen and oxygen atoms in total. The van der Waals surface area contributed by atoms with Crippen molar-refractivity contribution < 1.29 is 4.79 Å². The fraction of sp³-hybridized carbons (Fsp3) is 0.105. The molecule has 0 radical (unpaired) electrons. The molecule has 5 heteroatoms. The van der Waals surface area contributed by atoms with Crippen molar-refractivity contribution in [3.05, 3.63) is 83.1 Å². The number of carbonyl (C=O) groups is 1. The SMILES string of the molecule is O=C(NCCc1ccc(Cl)cc1)c1cnc(-c2ccccc2)nc1. The van der Waals surface area contributed by atoms with Crippen LogP contribution in [0.1, 0.15) is 15.9 Å². The molecule has 0 aliphatic heterocycles. The van der Waals surface area contributed by atoms with Crippen LogP contribution in [0, 0.1) is 0 Å². The van der Waals surface area contributed by atoms with Gasteiger partial charge in [-0.1, -0.05) is 54.1 Å². The number of hydrogen-bond acceptors (Lipinski definition) is 3. The van der Waals surface area contributed by atoms with Crippen molar-refractivity contribution in [3.8, 4) is 11.4 Å². The van der Waals surface area contributed by atoms with Crippen molar-refractivity contribution in [2.24, 2.45) is 0 Å². The summed E-state index contributed by atoms with van der Waals surface area (Å²) in [6.07, 6.45) is 3.84. The maximum Gasteiger partial charge on any atom is 0.254 e. The van der Waals surface area contributed by atoms with Crippen LogP contribution in [-0.2, 0) is 6.42 Å². The third-order valence-corrected chi connectivity index (χ3v) is 3.81. The van der Waals surface area contributed by atoms with Crippen LogP contribution in [0.5, 0.6) is 0 Å². The van der Waals surface area contributed by atoms with E-state index in [0.717, 1.165) is 17.5 Å². The zero-order chi connectivity index (χ0) is 16.8. The molecule has 1 amide bonds. The second-order valence-corrected chi connectivity index (χ2v) is 5.73. The summed E-state index contributed by atoms with van der Waals surface area (Å²) in [4.78, 5) is 20.6. The van der Waals surface area contributed by atoms with Crippen LogP contribution >= 0.6 is 11.6 Å². The molecule has 0 saturated carbocycles. The third-order valence-electron chi connectivity index (χ3n) is 3.56. The summed E-state index contributed by atoms with van der Waals surface area (Å²) in [5, 5.41) is 3.58. The van der Waals surface area contributed by atoms with Gasteiger partial charge >= 0.3 is 0 Å². The number of benzene rings is 2. The van der Waals surface area contributed by atoms with Crippen molar-refractivity contribution >= 4 is 17.5 Å². The van der Waals surface area contributed by atoms with Gasteiger partial charge in [0.2, 0.25) is 0 Å². The van der Waals surface area contributed by atoms with Crippen LogP contribution < -0.4 is 5.32 Å². The molecule has 120 valence electrons. The van der Waals surface area contributed by atoms with E-state index in [1.54, 1.807) is 12.4 Å². The van der Waals surface area contributed by atoms with Crippen molar-refractivity contribution in [2.45, 2.75) is 6.42 Å². The van der Waals surface area contributed by atoms with E-state index in [1.165, 1.54) is 0 Å². The van der Waals surface area contributed by atoms with Gasteiger partial charge in [-0.2, -0.15) is 0 Å². The van der Waals surface area contributed by atoms with Gasteiger partial charge in [0.05, 0.1) is 5.56 Å². The summed E-state index contributed by atoms with van der Waals surface area (Å²) < 4.78 is 0. The summed E-state index contributed by atoms with van der Waals surface area (Å²) in [6.45, 7) is 0.543. The molecule has 0 saturated heterocycles. The van der Waals surface area contributed by atoms with Gasteiger partial charge in [0.25, 0.3) is 5.91 Å². The number of aromatic nitrogens is 2. The smallest absolute Gasteiger partial charge is 0.254 e. The van der Waals surface area contributed by atoms with E-state index in [1.807, 2.05) is 54.6 Å². The number of nitrogens with one attached hydrogen (secondary N) is 1. The topological polar surface area (TPSA) is 54.9 Å². The van der Waals surface area contributed by atoms with Gasteiger partial charge in [0, 0.05) is 29.5 Å². The highest BCUT2D eigenvalue weighted by Crippen LogP contribution is 2.13. The lowest BCUT2D eigenvalue weighted by Gasteiger charge is -2.06. The van der Waals surface area contributed by atoms with Crippen LogP contribution in [0.25, 0.3) is 11.4 Å². The summed E-state index contributed by atoms with van der Waals surface area (Å²) in [5.41, 5.74) is 2.49. The first-order valence-corrected chi connectivity index (χ1v) is 8.00. The van der Waals surface area contributed by atoms with Crippen LogP contribution in [0.2, 0.25) is 5.02 Å². The van der Waals surface area contributed by atoms with Gasteiger partial charge in [0.15, 0.2) is 5.82 Å². The lowest BCUT2D eigenvalue weighted by atomic mass is 10.1. The molecule has 3 aromatic rings. The highest BCUT2D eigenvalue weighted by atomic mass is 35.5. The van der Waals surface area contributed by atoms with Gasteiger partial charge in [-0.15, -0.1) is 0 Å². The lowest BCUT2D eigenvalue weighted by Crippen LogP contribution is -2.26. The van der Waals surface area contributed by atoms with E-state index in [-0.39, 0.29) is 5.91 Å². The zero-order valence-electron chi connectivity index (χ0n) is 12.9. The molecular formula is C19H16ClN3O. The molecule has 0 atom stereocenters. The highest BCUT2D eigenvalue weighted by molar-refractivity contribution is 6.30. The Morgan fingerprint density at radius 3 is 2.29 bits per heavy atom. The molecule has 0 fully saturated rings. The Hall–Kier alpha value is -2.72. The van der Waals surface area contributed by atoms with Crippen molar-refractivity contribution in [2.75, 3.05) is 6.54 Å². The first-order chi connectivity index (χ1) is 11.7. The van der Waals surface area contributed by atoms with E-state index in [9.17, 15) is 4.79 Å². The predicted molar refractivity (Wildman–Crippen MR) is 95.0 cm³/mol. The summed E-state index contributed by atoms with van der Waals surface area (Å²) >= 11 is 5.85. The second kappa shape index (κ2) is 7.70. The fourth-order valence-corrected chi connectivity index (χ4v) is 2.38. The maximum atomic E-state index is 12.1. The molecule has 2 aromatic carbocycles. The van der Waals surface area contributed by atoms with Gasteiger partial charge in [-0.05, 0) is 24.1 Å². The maximum absolute atomic E-state index is 12.1. The molecule has 0 aliphatic carbocycles. The monoisotopic (exact) mass is 337 g/mol. The Morgan fingerprint density at radius 2 is 1.62 bits per heavy atom. The molecule has 0 bridgehead atoms. The van der Waals surface area contributed by atoms with E-state index in [2.05, 4.69) is 15.3 Å². The number of hydrogen-bond donors (Lipinski definition) is 1. The molecule has 1 N–H and O–H groups in total. The molecule has 1 aromatic heterocycles. The summed E-state index contributed by atoms with van der Waals surface area (Å²) in [5.74, 6) is 0.428. The Kier molecular flexibility index (Phi) is 5.18. The third kappa shape index (κ3) is 4.18. The molecule has 24 heavy (non-hydrogen) atoms. The molecule has 3 rings (SSSR count). The van der Waals surface area contributed by atoms with E-state index >= 15 is 0 Å². The Labute approximate surface area is 145 Å². The Balaban J connectivity index is 1.56. The van der Waals surface area contributed by atoms with Crippen molar-refractivity contribution in [1.29, 1.82) is 0 Å². The average Bonchev–Trinajstić information content (AvgIpc) is 2.64. The van der Waals surface area contributed by atoms with E-state index in [4.69, 9.17) is 11.6 Å². The number of amides is 1. The average molecular weight is 338 g/mol. The number of nitrogens with zero attached hydrogens (tertiary/aromatic N) is 2. The minimum atomic E-state index is -0.177. The van der Waals surface area contributed by atoms with Gasteiger partial charge in [-0.25, -0.2) is 9.97 Å². The van der Waals surface area contributed by atoms with Crippen LogP contribution in [0.3, 0.4) is 0 Å². The molecular weight excluding hydrogens is 322 g/mol. The quantitative estimate of drug-likeness (QED) is 0.771. The largest absolute Gasteiger partial charge is 0.352 e. The van der Waals surface area contributed by atoms with Crippen LogP contribution in [-0.4, -0.2) is 22.4 Å². The van der Waals surface area contributed by atoms with E-state index in [0.29, 0.717) is 23.0 Å². The van der Waals surface area contributed by atoms with Gasteiger partial charge in [-0.3, -0.25) is 4.79 Å². The molecule has 0 spiro atoms.